The first kappa shape index (κ1) is 14.7. The van der Waals surface area contributed by atoms with Crippen LogP contribution in [0.4, 0.5) is 5.69 Å². The van der Waals surface area contributed by atoms with Crippen LogP contribution in [0.1, 0.15) is 30.6 Å². The minimum absolute atomic E-state index is 0.0819. The molecule has 4 nitrogen and oxygen atoms in total. The number of amides is 2. The summed E-state index contributed by atoms with van der Waals surface area (Å²) in [7, 11) is 1.56. The molecular weight excluding hydrogens is 296 g/mol. The maximum atomic E-state index is 11.9. The molecular formula is C13H17BrN2O2. The number of halogens is 1. The number of carbonyl (C=O) groups is 2. The predicted octanol–water partition coefficient (Wildman–Crippen LogP) is 2.79. The van der Waals surface area contributed by atoms with Gasteiger partial charge in [-0.1, -0.05) is 29.8 Å². The summed E-state index contributed by atoms with van der Waals surface area (Å²) in [5.74, 6) is -0.385. The highest BCUT2D eigenvalue weighted by Crippen LogP contribution is 2.22. The van der Waals surface area contributed by atoms with E-state index in [0.717, 1.165) is 10.9 Å². The molecule has 0 aliphatic carbocycles. The van der Waals surface area contributed by atoms with Crippen LogP contribution in [0.25, 0.3) is 0 Å². The Morgan fingerprint density at radius 1 is 1.39 bits per heavy atom. The van der Waals surface area contributed by atoms with Crippen LogP contribution in [0, 0.1) is 5.92 Å². The van der Waals surface area contributed by atoms with Crippen molar-refractivity contribution in [3.05, 3.63) is 28.2 Å². The fourth-order valence-electron chi connectivity index (χ4n) is 1.39. The monoisotopic (exact) mass is 312 g/mol. The number of nitrogens with one attached hydrogen (secondary N) is 2. The van der Waals surface area contributed by atoms with E-state index in [9.17, 15) is 9.59 Å². The van der Waals surface area contributed by atoms with Crippen LogP contribution in [0.5, 0.6) is 0 Å². The van der Waals surface area contributed by atoms with Gasteiger partial charge in [0.1, 0.15) is 0 Å². The van der Waals surface area contributed by atoms with Gasteiger partial charge in [-0.05, 0) is 24.6 Å². The van der Waals surface area contributed by atoms with Crippen LogP contribution < -0.4 is 10.6 Å². The number of rotatable bonds is 4. The lowest BCUT2D eigenvalue weighted by Gasteiger charge is -2.13. The van der Waals surface area contributed by atoms with Gasteiger partial charge < -0.3 is 10.6 Å². The molecule has 0 aromatic heterocycles. The van der Waals surface area contributed by atoms with Gasteiger partial charge >= 0.3 is 0 Å². The normalized spacial score (nSPS) is 11.8. The molecule has 0 saturated heterocycles. The first-order valence-corrected chi connectivity index (χ1v) is 6.61. The van der Waals surface area contributed by atoms with Gasteiger partial charge in [-0.15, -0.1) is 0 Å². The molecule has 1 rings (SSSR count). The molecule has 18 heavy (non-hydrogen) atoms. The Hall–Kier alpha value is -1.36. The zero-order chi connectivity index (χ0) is 13.7. The van der Waals surface area contributed by atoms with Crippen LogP contribution in [-0.4, -0.2) is 18.9 Å². The van der Waals surface area contributed by atoms with Gasteiger partial charge in [0.05, 0.1) is 11.3 Å². The molecule has 2 N–H and O–H groups in total. The first-order valence-electron chi connectivity index (χ1n) is 5.82. The van der Waals surface area contributed by atoms with Crippen molar-refractivity contribution in [2.45, 2.75) is 20.3 Å². The van der Waals surface area contributed by atoms with E-state index in [1.807, 2.05) is 13.8 Å². The van der Waals surface area contributed by atoms with Gasteiger partial charge in [-0.2, -0.15) is 0 Å². The number of carbonyl (C=O) groups excluding carboxylic acids is 2. The van der Waals surface area contributed by atoms with Crippen molar-refractivity contribution in [1.29, 1.82) is 0 Å². The average molecular weight is 313 g/mol. The van der Waals surface area contributed by atoms with Crippen LogP contribution in [0.3, 0.4) is 0 Å². The predicted molar refractivity (Wildman–Crippen MR) is 75.6 cm³/mol. The lowest BCUT2D eigenvalue weighted by molar-refractivity contribution is -0.119. The van der Waals surface area contributed by atoms with Crippen molar-refractivity contribution >= 4 is 33.4 Å². The largest absolute Gasteiger partial charge is 0.355 e. The summed E-state index contributed by atoms with van der Waals surface area (Å²) in [4.78, 5) is 23.5. The molecule has 5 heteroatoms. The Morgan fingerprint density at radius 3 is 2.61 bits per heavy atom. The first-order chi connectivity index (χ1) is 8.49. The number of anilines is 1. The van der Waals surface area contributed by atoms with E-state index in [1.54, 1.807) is 25.2 Å². The van der Waals surface area contributed by atoms with E-state index in [1.165, 1.54) is 0 Å². The maximum Gasteiger partial charge on any atom is 0.253 e. The molecule has 2 amide bonds. The average Bonchev–Trinajstić information content (AvgIpc) is 2.37. The molecule has 0 spiro atoms. The fraction of sp³-hybridized carbons (Fsp3) is 0.385. The minimum Gasteiger partial charge on any atom is -0.355 e. The molecule has 0 saturated carbocycles. The SMILES string of the molecule is CCC(C)C(=O)Nc1cc(Br)ccc1C(=O)NC. The minimum atomic E-state index is -0.220. The van der Waals surface area contributed by atoms with Crippen molar-refractivity contribution in [1.82, 2.24) is 5.32 Å². The number of hydrogen-bond donors (Lipinski definition) is 2. The zero-order valence-corrected chi connectivity index (χ0v) is 12.3. The molecule has 1 unspecified atom stereocenters. The molecule has 0 radical (unpaired) electrons. The summed E-state index contributed by atoms with van der Waals surface area (Å²) in [6.45, 7) is 3.80. The molecule has 1 atom stereocenters. The van der Waals surface area contributed by atoms with Gasteiger partial charge in [0, 0.05) is 17.4 Å². The van der Waals surface area contributed by atoms with Gasteiger partial charge in [-0.25, -0.2) is 0 Å². The Balaban J connectivity index is 3.03. The van der Waals surface area contributed by atoms with Crippen LogP contribution >= 0.6 is 15.9 Å². The smallest absolute Gasteiger partial charge is 0.253 e. The zero-order valence-electron chi connectivity index (χ0n) is 10.7. The lowest BCUT2D eigenvalue weighted by Crippen LogP contribution is -2.24. The molecule has 0 bridgehead atoms. The highest BCUT2D eigenvalue weighted by atomic mass is 79.9. The highest BCUT2D eigenvalue weighted by Gasteiger charge is 2.15. The van der Waals surface area contributed by atoms with E-state index in [0.29, 0.717) is 11.3 Å². The topological polar surface area (TPSA) is 58.2 Å². The summed E-state index contributed by atoms with van der Waals surface area (Å²) >= 11 is 3.33. The molecule has 0 heterocycles. The Labute approximate surface area is 115 Å². The second-order valence-electron chi connectivity index (χ2n) is 4.07. The van der Waals surface area contributed by atoms with Gasteiger partial charge in [0.2, 0.25) is 5.91 Å². The molecule has 1 aromatic carbocycles. The van der Waals surface area contributed by atoms with Gasteiger partial charge in [-0.3, -0.25) is 9.59 Å². The Morgan fingerprint density at radius 2 is 2.06 bits per heavy atom. The van der Waals surface area contributed by atoms with Crippen molar-refractivity contribution < 1.29 is 9.59 Å². The molecule has 0 aliphatic rings. The van der Waals surface area contributed by atoms with Crippen molar-refractivity contribution in [3.8, 4) is 0 Å². The maximum absolute atomic E-state index is 11.9. The van der Waals surface area contributed by atoms with Gasteiger partial charge in [0.25, 0.3) is 5.91 Å². The third kappa shape index (κ3) is 3.57. The summed E-state index contributed by atoms with van der Waals surface area (Å²) in [6.07, 6.45) is 0.759. The van der Waals surface area contributed by atoms with E-state index in [4.69, 9.17) is 0 Å². The van der Waals surface area contributed by atoms with Gasteiger partial charge in [0.15, 0.2) is 0 Å². The number of hydrogen-bond acceptors (Lipinski definition) is 2. The molecule has 0 aliphatic heterocycles. The Kier molecular flexibility index (Phi) is 5.34. The van der Waals surface area contributed by atoms with Crippen LogP contribution in [0.2, 0.25) is 0 Å². The molecule has 0 fully saturated rings. The van der Waals surface area contributed by atoms with Crippen LogP contribution in [-0.2, 0) is 4.79 Å². The summed E-state index contributed by atoms with van der Waals surface area (Å²) in [6, 6.07) is 5.17. The standard InChI is InChI=1S/C13H17BrN2O2/c1-4-8(2)12(17)16-11-7-9(14)5-6-10(11)13(18)15-3/h5-8H,4H2,1-3H3,(H,15,18)(H,16,17). The summed E-state index contributed by atoms with van der Waals surface area (Å²) < 4.78 is 0.814. The second-order valence-corrected chi connectivity index (χ2v) is 4.98. The van der Waals surface area contributed by atoms with Crippen LogP contribution in [0.15, 0.2) is 22.7 Å². The van der Waals surface area contributed by atoms with E-state index in [2.05, 4.69) is 26.6 Å². The third-order valence-electron chi connectivity index (χ3n) is 2.77. The quantitative estimate of drug-likeness (QED) is 0.898. The van der Waals surface area contributed by atoms with Crippen molar-refractivity contribution in [2.75, 3.05) is 12.4 Å². The number of benzene rings is 1. The second kappa shape index (κ2) is 6.54. The molecule has 1 aromatic rings. The van der Waals surface area contributed by atoms with Crippen molar-refractivity contribution in [2.24, 2.45) is 5.92 Å². The molecule has 98 valence electrons. The summed E-state index contributed by atoms with van der Waals surface area (Å²) in [5, 5.41) is 5.34. The summed E-state index contributed by atoms with van der Waals surface area (Å²) in [5.41, 5.74) is 0.978. The highest BCUT2D eigenvalue weighted by molar-refractivity contribution is 9.10. The van der Waals surface area contributed by atoms with E-state index in [-0.39, 0.29) is 17.7 Å². The van der Waals surface area contributed by atoms with E-state index >= 15 is 0 Å². The fourth-order valence-corrected chi connectivity index (χ4v) is 1.75. The van der Waals surface area contributed by atoms with E-state index < -0.39 is 0 Å². The third-order valence-corrected chi connectivity index (χ3v) is 3.26. The Bertz CT molecular complexity index is 460. The van der Waals surface area contributed by atoms with Crippen molar-refractivity contribution in [3.63, 3.8) is 0 Å². The lowest BCUT2D eigenvalue weighted by atomic mass is 10.1.